The molecule has 26 heavy (non-hydrogen) atoms. The van der Waals surface area contributed by atoms with Crippen LogP contribution in [0.2, 0.25) is 5.02 Å². The Morgan fingerprint density at radius 3 is 2.65 bits per heavy atom. The van der Waals surface area contributed by atoms with E-state index >= 15 is 0 Å². The van der Waals surface area contributed by atoms with Crippen LogP contribution < -0.4 is 4.74 Å². The van der Waals surface area contributed by atoms with Crippen LogP contribution in [-0.4, -0.2) is 35.9 Å². The van der Waals surface area contributed by atoms with Crippen LogP contribution in [-0.2, 0) is 18.0 Å². The molecule has 0 radical (unpaired) electrons. The second kappa shape index (κ2) is 6.16. The topological polar surface area (TPSA) is 95.1 Å². The zero-order valence-electron chi connectivity index (χ0n) is 13.3. The molecule has 0 aliphatic rings. The number of nitrogens with zero attached hydrogens (tertiary/aromatic N) is 5. The van der Waals surface area contributed by atoms with Crippen molar-refractivity contribution >= 4 is 28.6 Å². The second-order valence-corrected chi connectivity index (χ2v) is 5.77. The summed E-state index contributed by atoms with van der Waals surface area (Å²) in [5.74, 6) is -1.44. The number of halogens is 4. The highest BCUT2D eigenvalue weighted by Crippen LogP contribution is 2.40. The molecule has 0 saturated heterocycles. The number of hydrogen-bond donors (Lipinski definition) is 1. The van der Waals surface area contributed by atoms with E-state index in [2.05, 4.69) is 15.4 Å². The maximum atomic E-state index is 13.0. The summed E-state index contributed by atoms with van der Waals surface area (Å²) in [4.78, 5) is 11.1. The number of aromatic nitrogens is 5. The van der Waals surface area contributed by atoms with Crippen molar-refractivity contribution in [3.05, 3.63) is 28.9 Å². The molecule has 0 aliphatic carbocycles. The van der Waals surface area contributed by atoms with Gasteiger partial charge in [0.2, 0.25) is 0 Å². The van der Waals surface area contributed by atoms with Gasteiger partial charge in [-0.2, -0.15) is 13.2 Å². The van der Waals surface area contributed by atoms with Crippen molar-refractivity contribution in [2.45, 2.75) is 19.1 Å². The van der Waals surface area contributed by atoms with E-state index in [0.717, 1.165) is 11.7 Å². The number of carboxylic acids is 1. The van der Waals surface area contributed by atoms with Crippen LogP contribution in [0, 0.1) is 0 Å². The minimum absolute atomic E-state index is 0.104. The zero-order chi connectivity index (χ0) is 19.2. The predicted octanol–water partition coefficient (Wildman–Crippen LogP) is 3.27. The molecule has 12 heteroatoms. The first kappa shape index (κ1) is 18.0. The van der Waals surface area contributed by atoms with Crippen LogP contribution in [0.15, 0.2) is 18.2 Å². The summed E-state index contributed by atoms with van der Waals surface area (Å²) in [6, 6.07) is 3.33. The highest BCUT2D eigenvalue weighted by Gasteiger charge is 2.39. The lowest BCUT2D eigenvalue weighted by Gasteiger charge is -2.08. The lowest BCUT2D eigenvalue weighted by Crippen LogP contribution is -2.16. The van der Waals surface area contributed by atoms with E-state index in [1.165, 1.54) is 25.1 Å². The molecule has 3 rings (SSSR count). The molecular weight excluding hydrogens is 379 g/mol. The van der Waals surface area contributed by atoms with Crippen molar-refractivity contribution in [3.63, 3.8) is 0 Å². The highest BCUT2D eigenvalue weighted by molar-refractivity contribution is 6.32. The van der Waals surface area contributed by atoms with Gasteiger partial charge in [-0.05, 0) is 19.1 Å². The third-order valence-corrected chi connectivity index (χ3v) is 3.95. The molecule has 138 valence electrons. The summed E-state index contributed by atoms with van der Waals surface area (Å²) >= 11 is 5.75. The number of ether oxygens (including phenoxy) is 1. The van der Waals surface area contributed by atoms with Gasteiger partial charge < -0.3 is 9.84 Å². The van der Waals surface area contributed by atoms with Crippen LogP contribution in [0.4, 0.5) is 13.2 Å². The summed E-state index contributed by atoms with van der Waals surface area (Å²) in [5, 5.41) is 19.7. The number of aryl methyl sites for hydroxylation is 1. The van der Waals surface area contributed by atoms with Gasteiger partial charge in [-0.1, -0.05) is 16.8 Å². The lowest BCUT2D eigenvalue weighted by atomic mass is 10.2. The fourth-order valence-electron chi connectivity index (χ4n) is 2.33. The Kier molecular flexibility index (Phi) is 4.26. The van der Waals surface area contributed by atoms with E-state index in [9.17, 15) is 18.0 Å². The molecule has 2 aromatic heterocycles. The van der Waals surface area contributed by atoms with E-state index in [4.69, 9.17) is 21.4 Å². The molecule has 2 heterocycles. The summed E-state index contributed by atoms with van der Waals surface area (Å²) in [5.41, 5.74) is -0.407. The SMILES string of the molecule is CC(C(=O)O)n1nnc2ccc(Oc3nn(C)c(C(F)(F)F)c3Cl)cc21. The Morgan fingerprint density at radius 2 is 2.08 bits per heavy atom. The first-order valence-corrected chi connectivity index (χ1v) is 7.52. The maximum absolute atomic E-state index is 13.0. The minimum Gasteiger partial charge on any atom is -0.480 e. The highest BCUT2D eigenvalue weighted by atomic mass is 35.5. The molecule has 0 aliphatic heterocycles. The number of carbonyl (C=O) groups is 1. The van der Waals surface area contributed by atoms with Gasteiger partial charge in [0.05, 0.1) is 5.52 Å². The van der Waals surface area contributed by atoms with Crippen LogP contribution in [0.3, 0.4) is 0 Å². The average Bonchev–Trinajstić information content (AvgIpc) is 3.06. The van der Waals surface area contributed by atoms with Crippen LogP contribution in [0.1, 0.15) is 18.7 Å². The summed E-state index contributed by atoms with van der Waals surface area (Å²) in [7, 11) is 1.10. The van der Waals surface area contributed by atoms with Gasteiger partial charge in [0.25, 0.3) is 5.88 Å². The number of hydrogen-bond acceptors (Lipinski definition) is 5. The second-order valence-electron chi connectivity index (χ2n) is 5.39. The molecule has 0 amide bonds. The van der Waals surface area contributed by atoms with Crippen LogP contribution >= 0.6 is 11.6 Å². The monoisotopic (exact) mass is 389 g/mol. The smallest absolute Gasteiger partial charge is 0.434 e. The summed E-state index contributed by atoms with van der Waals surface area (Å²) in [6.07, 6.45) is -4.69. The van der Waals surface area contributed by atoms with E-state index in [1.807, 2.05) is 0 Å². The van der Waals surface area contributed by atoms with Gasteiger partial charge in [0.1, 0.15) is 22.3 Å². The van der Waals surface area contributed by atoms with E-state index in [1.54, 1.807) is 0 Å². The molecule has 0 saturated carbocycles. The fraction of sp³-hybridized carbons (Fsp3) is 0.286. The van der Waals surface area contributed by atoms with Crippen molar-refractivity contribution in [2.24, 2.45) is 7.05 Å². The standard InChI is InChI=1S/C14H11ClF3N5O3/c1-6(13(24)25)23-9-5-7(3-4-8(9)19-21-23)26-12-10(15)11(14(16,17)18)22(2)20-12/h3-6H,1-2H3,(H,24,25). The van der Waals surface area contributed by atoms with Gasteiger partial charge in [0, 0.05) is 13.1 Å². The third kappa shape index (κ3) is 3.05. The summed E-state index contributed by atoms with van der Waals surface area (Å²) < 4.78 is 46.0. The van der Waals surface area contributed by atoms with Gasteiger partial charge in [-0.25, -0.2) is 9.48 Å². The largest absolute Gasteiger partial charge is 0.480 e. The maximum Gasteiger partial charge on any atom is 0.434 e. The van der Waals surface area contributed by atoms with Crippen LogP contribution in [0.25, 0.3) is 11.0 Å². The van der Waals surface area contributed by atoms with E-state index in [0.29, 0.717) is 15.7 Å². The molecule has 1 N–H and O–H groups in total. The van der Waals surface area contributed by atoms with Crippen molar-refractivity contribution < 1.29 is 27.8 Å². The van der Waals surface area contributed by atoms with E-state index < -0.39 is 34.8 Å². The predicted molar refractivity (Wildman–Crippen MR) is 83.2 cm³/mol. The number of aliphatic carboxylic acids is 1. The molecular formula is C14H11ClF3N5O3. The van der Waals surface area contributed by atoms with Crippen molar-refractivity contribution in [1.82, 2.24) is 24.8 Å². The molecule has 0 bridgehead atoms. The molecule has 1 unspecified atom stereocenters. The Hall–Kier alpha value is -2.82. The Morgan fingerprint density at radius 1 is 1.38 bits per heavy atom. The number of carboxylic acid groups (broad SMARTS) is 1. The first-order chi connectivity index (χ1) is 12.1. The first-order valence-electron chi connectivity index (χ1n) is 7.15. The number of alkyl halides is 3. The molecule has 0 spiro atoms. The number of rotatable bonds is 4. The average molecular weight is 390 g/mol. The molecule has 8 nitrogen and oxygen atoms in total. The number of fused-ring (bicyclic) bond motifs is 1. The van der Waals surface area contributed by atoms with Crippen molar-refractivity contribution in [1.29, 1.82) is 0 Å². The van der Waals surface area contributed by atoms with Crippen LogP contribution in [0.5, 0.6) is 11.6 Å². The Bertz CT molecular complexity index is 998. The normalized spacial score (nSPS) is 13.2. The fourth-order valence-corrected chi connectivity index (χ4v) is 2.63. The summed E-state index contributed by atoms with van der Waals surface area (Å²) in [6.45, 7) is 1.41. The van der Waals surface area contributed by atoms with Gasteiger partial charge >= 0.3 is 12.1 Å². The van der Waals surface area contributed by atoms with E-state index in [-0.39, 0.29) is 5.75 Å². The Balaban J connectivity index is 2.00. The molecule has 1 atom stereocenters. The van der Waals surface area contributed by atoms with Gasteiger partial charge in [-0.15, -0.1) is 10.2 Å². The van der Waals surface area contributed by atoms with Gasteiger partial charge in [-0.3, -0.25) is 4.68 Å². The number of benzene rings is 1. The zero-order valence-corrected chi connectivity index (χ0v) is 14.1. The van der Waals surface area contributed by atoms with Crippen molar-refractivity contribution in [2.75, 3.05) is 0 Å². The molecule has 0 fully saturated rings. The molecule has 3 aromatic rings. The third-order valence-electron chi connectivity index (χ3n) is 3.61. The van der Waals surface area contributed by atoms with Gasteiger partial charge in [0.15, 0.2) is 5.69 Å². The quantitative estimate of drug-likeness (QED) is 0.735. The lowest BCUT2D eigenvalue weighted by molar-refractivity contribution is -0.143. The minimum atomic E-state index is -4.69. The van der Waals surface area contributed by atoms with Crippen molar-refractivity contribution in [3.8, 4) is 11.6 Å². The Labute approximate surface area is 148 Å². The molecule has 1 aromatic carbocycles.